The second kappa shape index (κ2) is 4.81. The van der Waals surface area contributed by atoms with Crippen molar-refractivity contribution >= 4 is 5.82 Å². The Bertz CT molecular complexity index is 362. The van der Waals surface area contributed by atoms with Crippen LogP contribution in [0.4, 0.5) is 5.82 Å². The van der Waals surface area contributed by atoms with Crippen LogP contribution in [0.15, 0.2) is 6.20 Å². The van der Waals surface area contributed by atoms with Crippen LogP contribution >= 0.6 is 0 Å². The van der Waals surface area contributed by atoms with E-state index in [1.165, 1.54) is 19.3 Å². The molecule has 1 aliphatic carbocycles. The van der Waals surface area contributed by atoms with Gasteiger partial charge in [0, 0.05) is 12.7 Å². The zero-order valence-electron chi connectivity index (χ0n) is 10.5. The highest BCUT2D eigenvalue weighted by molar-refractivity contribution is 5.39. The molecule has 2 unspecified atom stereocenters. The van der Waals surface area contributed by atoms with Gasteiger partial charge < -0.3 is 5.32 Å². The number of hydrogen-bond acceptors (Lipinski definition) is 3. The van der Waals surface area contributed by atoms with Crippen LogP contribution in [0.3, 0.4) is 0 Å². The third kappa shape index (κ3) is 2.71. The number of hydrogen-bond donors (Lipinski definition) is 1. The van der Waals surface area contributed by atoms with E-state index >= 15 is 0 Å². The van der Waals surface area contributed by atoms with E-state index < -0.39 is 0 Å². The molecule has 0 amide bonds. The Balaban J connectivity index is 1.91. The van der Waals surface area contributed by atoms with Crippen LogP contribution in [0.25, 0.3) is 0 Å². The van der Waals surface area contributed by atoms with E-state index in [1.807, 2.05) is 20.0 Å². The highest BCUT2D eigenvalue weighted by Gasteiger charge is 2.21. The van der Waals surface area contributed by atoms with Crippen molar-refractivity contribution in [3.63, 3.8) is 0 Å². The van der Waals surface area contributed by atoms with Crippen molar-refractivity contribution in [3.8, 4) is 0 Å². The number of aryl methyl sites for hydroxylation is 2. The van der Waals surface area contributed by atoms with Crippen LogP contribution in [-0.4, -0.2) is 16.5 Å². The first-order valence-corrected chi connectivity index (χ1v) is 6.19. The fourth-order valence-corrected chi connectivity index (χ4v) is 2.46. The fraction of sp³-hybridized carbons (Fsp3) is 0.692. The normalized spacial score (nSPS) is 24.7. The van der Waals surface area contributed by atoms with Crippen molar-refractivity contribution in [2.24, 2.45) is 11.8 Å². The van der Waals surface area contributed by atoms with Gasteiger partial charge in [0.05, 0.1) is 11.4 Å². The summed E-state index contributed by atoms with van der Waals surface area (Å²) in [6, 6.07) is 0. The molecule has 0 bridgehead atoms. The van der Waals surface area contributed by atoms with Crippen LogP contribution in [0.1, 0.15) is 37.6 Å². The van der Waals surface area contributed by atoms with Gasteiger partial charge in [-0.25, -0.2) is 4.98 Å². The standard InChI is InChI=1S/C13H21N3/c1-9-4-5-12(6-9)8-15-13-11(3)14-7-10(2)16-13/h7,9,12H,4-6,8H2,1-3H3,(H,15,16). The summed E-state index contributed by atoms with van der Waals surface area (Å²) >= 11 is 0. The third-order valence-corrected chi connectivity index (χ3v) is 3.44. The maximum absolute atomic E-state index is 4.48. The van der Waals surface area contributed by atoms with Gasteiger partial charge in [0.2, 0.25) is 0 Å². The Morgan fingerprint density at radius 1 is 1.38 bits per heavy atom. The average molecular weight is 219 g/mol. The average Bonchev–Trinajstić information content (AvgIpc) is 2.66. The number of nitrogens with one attached hydrogen (secondary N) is 1. The Kier molecular flexibility index (Phi) is 3.42. The van der Waals surface area contributed by atoms with Crippen molar-refractivity contribution in [3.05, 3.63) is 17.6 Å². The number of nitrogens with zero attached hydrogens (tertiary/aromatic N) is 2. The largest absolute Gasteiger partial charge is 0.368 e. The summed E-state index contributed by atoms with van der Waals surface area (Å²) in [5, 5.41) is 3.44. The summed E-state index contributed by atoms with van der Waals surface area (Å²) < 4.78 is 0. The number of anilines is 1. The molecule has 1 fully saturated rings. The summed E-state index contributed by atoms with van der Waals surface area (Å²) in [4.78, 5) is 8.79. The van der Waals surface area contributed by atoms with Crippen molar-refractivity contribution in [2.75, 3.05) is 11.9 Å². The second-order valence-electron chi connectivity index (χ2n) is 5.11. The molecule has 1 aliphatic rings. The summed E-state index contributed by atoms with van der Waals surface area (Å²) in [6.07, 6.45) is 5.90. The first kappa shape index (κ1) is 11.4. The topological polar surface area (TPSA) is 37.8 Å². The molecule has 1 saturated carbocycles. The van der Waals surface area contributed by atoms with E-state index in [0.29, 0.717) is 0 Å². The maximum atomic E-state index is 4.48. The lowest BCUT2D eigenvalue weighted by molar-refractivity contribution is 0.536. The predicted octanol–water partition coefficient (Wildman–Crippen LogP) is 2.94. The molecule has 3 nitrogen and oxygen atoms in total. The van der Waals surface area contributed by atoms with Gasteiger partial charge in [0.1, 0.15) is 5.82 Å². The number of rotatable bonds is 3. The van der Waals surface area contributed by atoms with E-state index in [2.05, 4.69) is 22.2 Å². The van der Waals surface area contributed by atoms with Crippen LogP contribution < -0.4 is 5.32 Å². The van der Waals surface area contributed by atoms with E-state index in [1.54, 1.807) is 0 Å². The summed E-state index contributed by atoms with van der Waals surface area (Å²) in [6.45, 7) is 7.38. The Labute approximate surface area is 97.7 Å². The molecule has 0 saturated heterocycles. The minimum Gasteiger partial charge on any atom is -0.368 e. The summed E-state index contributed by atoms with van der Waals surface area (Å²) in [5.74, 6) is 2.67. The van der Waals surface area contributed by atoms with Crippen molar-refractivity contribution in [1.82, 2.24) is 9.97 Å². The molecular weight excluding hydrogens is 198 g/mol. The Morgan fingerprint density at radius 3 is 2.88 bits per heavy atom. The second-order valence-corrected chi connectivity index (χ2v) is 5.11. The molecule has 3 heteroatoms. The van der Waals surface area contributed by atoms with Gasteiger partial charge in [-0.2, -0.15) is 0 Å². The van der Waals surface area contributed by atoms with Gasteiger partial charge in [0.25, 0.3) is 0 Å². The molecule has 0 aliphatic heterocycles. The first-order valence-electron chi connectivity index (χ1n) is 6.19. The Hall–Kier alpha value is -1.12. The molecule has 0 spiro atoms. The monoisotopic (exact) mass is 219 g/mol. The van der Waals surface area contributed by atoms with Crippen molar-refractivity contribution < 1.29 is 0 Å². The summed E-state index contributed by atoms with van der Waals surface area (Å²) in [5.41, 5.74) is 1.98. The Morgan fingerprint density at radius 2 is 2.19 bits per heavy atom. The van der Waals surface area contributed by atoms with Crippen LogP contribution in [-0.2, 0) is 0 Å². The minimum absolute atomic E-state index is 0.816. The van der Waals surface area contributed by atoms with E-state index in [9.17, 15) is 0 Å². The highest BCUT2D eigenvalue weighted by atomic mass is 15.0. The quantitative estimate of drug-likeness (QED) is 0.849. The fourth-order valence-electron chi connectivity index (χ4n) is 2.46. The molecular formula is C13H21N3. The van der Waals surface area contributed by atoms with Gasteiger partial charge >= 0.3 is 0 Å². The molecule has 1 aromatic heterocycles. The lowest BCUT2D eigenvalue weighted by atomic mass is 10.1. The van der Waals surface area contributed by atoms with E-state index in [4.69, 9.17) is 0 Å². The van der Waals surface area contributed by atoms with Gasteiger partial charge in [-0.05, 0) is 38.5 Å². The molecule has 1 aromatic rings. The SMILES string of the molecule is Cc1cnc(C)c(NCC2CCC(C)C2)n1. The van der Waals surface area contributed by atoms with Crippen LogP contribution in [0, 0.1) is 25.7 Å². The van der Waals surface area contributed by atoms with E-state index in [0.717, 1.165) is 35.6 Å². The smallest absolute Gasteiger partial charge is 0.147 e. The lowest BCUT2D eigenvalue weighted by Crippen LogP contribution is -2.14. The molecule has 1 N–H and O–H groups in total. The predicted molar refractivity (Wildman–Crippen MR) is 66.5 cm³/mol. The molecule has 0 radical (unpaired) electrons. The molecule has 88 valence electrons. The maximum Gasteiger partial charge on any atom is 0.147 e. The molecule has 0 aromatic carbocycles. The first-order chi connectivity index (χ1) is 7.65. The van der Waals surface area contributed by atoms with Crippen LogP contribution in [0.5, 0.6) is 0 Å². The zero-order chi connectivity index (χ0) is 11.5. The van der Waals surface area contributed by atoms with Crippen molar-refractivity contribution in [1.29, 1.82) is 0 Å². The minimum atomic E-state index is 0.816. The zero-order valence-corrected chi connectivity index (χ0v) is 10.5. The van der Waals surface area contributed by atoms with Gasteiger partial charge in [-0.1, -0.05) is 13.3 Å². The number of aromatic nitrogens is 2. The third-order valence-electron chi connectivity index (χ3n) is 3.44. The molecule has 16 heavy (non-hydrogen) atoms. The summed E-state index contributed by atoms with van der Waals surface area (Å²) in [7, 11) is 0. The molecule has 2 rings (SSSR count). The van der Waals surface area contributed by atoms with Gasteiger partial charge in [0.15, 0.2) is 0 Å². The van der Waals surface area contributed by atoms with Crippen LogP contribution in [0.2, 0.25) is 0 Å². The molecule has 2 atom stereocenters. The highest BCUT2D eigenvalue weighted by Crippen LogP contribution is 2.30. The van der Waals surface area contributed by atoms with Gasteiger partial charge in [-0.15, -0.1) is 0 Å². The van der Waals surface area contributed by atoms with E-state index in [-0.39, 0.29) is 0 Å². The lowest BCUT2D eigenvalue weighted by Gasteiger charge is -2.13. The van der Waals surface area contributed by atoms with Gasteiger partial charge in [-0.3, -0.25) is 4.98 Å². The molecule has 1 heterocycles. The van der Waals surface area contributed by atoms with Crippen molar-refractivity contribution in [2.45, 2.75) is 40.0 Å².